The van der Waals surface area contributed by atoms with Gasteiger partial charge in [0.25, 0.3) is 0 Å². The Morgan fingerprint density at radius 2 is 1.56 bits per heavy atom. The first-order valence-electron chi connectivity index (χ1n) is 13.5. The minimum absolute atomic E-state index is 0.0177. The van der Waals surface area contributed by atoms with E-state index in [0.717, 1.165) is 0 Å². The predicted octanol–water partition coefficient (Wildman–Crippen LogP) is 3.03. The molecule has 3 aliphatic carbocycles. The van der Waals surface area contributed by atoms with Crippen LogP contribution in [0.2, 0.25) is 0 Å². The summed E-state index contributed by atoms with van der Waals surface area (Å²) in [5, 5.41) is 12.3. The molecule has 1 saturated heterocycles. The van der Waals surface area contributed by atoms with E-state index in [2.05, 4.69) is 0 Å². The van der Waals surface area contributed by atoms with E-state index in [1.807, 2.05) is 19.9 Å². The number of carbonyl (C=O) groups is 4. The Balaban J connectivity index is 1.68. The summed E-state index contributed by atoms with van der Waals surface area (Å²) in [7, 11) is 0. The highest BCUT2D eigenvalue weighted by atomic mass is 16.6. The van der Waals surface area contributed by atoms with Gasteiger partial charge < -0.3 is 24.1 Å². The van der Waals surface area contributed by atoms with Crippen molar-refractivity contribution in [2.24, 2.45) is 29.6 Å². The van der Waals surface area contributed by atoms with Crippen LogP contribution in [-0.2, 0) is 33.3 Å². The lowest BCUT2D eigenvalue weighted by Gasteiger charge is -2.44. The molecule has 1 aromatic carbocycles. The van der Waals surface area contributed by atoms with Gasteiger partial charge in [0.1, 0.15) is 29.5 Å². The number of carbonyl (C=O) groups excluding carboxylic acids is 4. The predicted molar refractivity (Wildman–Crippen MR) is 137 cm³/mol. The first-order valence-corrected chi connectivity index (χ1v) is 13.5. The SMILES string of the molecule is CC(=O)O[C@@H]1C=CC2[C@@H]3C1[C@H](OC(C)=O)[C@H]1[C@@H](OC(=O)c4ccccc4)[C@@H](C)C[C@]1(O)C(=O)[C@@]3(C)OC2(C)C. The minimum atomic E-state index is -2.03. The third kappa shape index (κ3) is 4.21. The molecule has 4 aliphatic rings. The number of Topliss-reactive ketones (excluding diaryl/α,β-unsaturated/α-hetero) is 1. The van der Waals surface area contributed by atoms with Crippen LogP contribution in [0.25, 0.3) is 0 Å². The van der Waals surface area contributed by atoms with Crippen molar-refractivity contribution in [1.29, 1.82) is 0 Å². The van der Waals surface area contributed by atoms with E-state index in [1.165, 1.54) is 13.8 Å². The highest BCUT2D eigenvalue weighted by molar-refractivity contribution is 5.97. The molecule has 10 atom stereocenters. The van der Waals surface area contributed by atoms with Crippen molar-refractivity contribution in [3.63, 3.8) is 0 Å². The van der Waals surface area contributed by atoms with E-state index in [1.54, 1.807) is 50.3 Å². The van der Waals surface area contributed by atoms with Gasteiger partial charge in [0.05, 0.1) is 17.1 Å². The number of ketones is 1. The highest BCUT2D eigenvalue weighted by Crippen LogP contribution is 2.62. The second-order valence-electron chi connectivity index (χ2n) is 12.2. The van der Waals surface area contributed by atoms with Gasteiger partial charge in [-0.05, 0) is 51.3 Å². The molecule has 39 heavy (non-hydrogen) atoms. The van der Waals surface area contributed by atoms with Crippen LogP contribution in [0.1, 0.15) is 58.3 Å². The molecule has 3 fully saturated rings. The largest absolute Gasteiger partial charge is 0.462 e. The van der Waals surface area contributed by atoms with Gasteiger partial charge in [-0.1, -0.05) is 31.2 Å². The lowest BCUT2D eigenvalue weighted by atomic mass is 9.63. The normalized spacial score (nSPS) is 41.7. The number of ether oxygens (including phenoxy) is 4. The molecule has 0 bridgehead atoms. The second-order valence-corrected chi connectivity index (χ2v) is 12.2. The van der Waals surface area contributed by atoms with Crippen LogP contribution in [0.5, 0.6) is 0 Å². The molecule has 2 unspecified atom stereocenters. The molecule has 210 valence electrons. The molecule has 0 amide bonds. The van der Waals surface area contributed by atoms with Gasteiger partial charge >= 0.3 is 17.9 Å². The van der Waals surface area contributed by atoms with Gasteiger partial charge in [-0.3, -0.25) is 14.4 Å². The molecule has 5 rings (SSSR count). The lowest BCUT2D eigenvalue weighted by molar-refractivity contribution is -0.180. The zero-order valence-electron chi connectivity index (χ0n) is 23.1. The average molecular weight is 541 g/mol. The Bertz CT molecular complexity index is 1220. The van der Waals surface area contributed by atoms with Crippen molar-refractivity contribution in [1.82, 2.24) is 0 Å². The summed E-state index contributed by atoms with van der Waals surface area (Å²) in [5.41, 5.74) is -3.99. The summed E-state index contributed by atoms with van der Waals surface area (Å²) in [4.78, 5) is 52.4. The number of rotatable bonds is 4. The fraction of sp³-hybridized carbons (Fsp3) is 0.600. The molecule has 2 saturated carbocycles. The van der Waals surface area contributed by atoms with Crippen LogP contribution < -0.4 is 0 Å². The number of hydrogen-bond donors (Lipinski definition) is 1. The maximum atomic E-state index is 14.5. The minimum Gasteiger partial charge on any atom is -0.462 e. The van der Waals surface area contributed by atoms with Crippen molar-refractivity contribution >= 4 is 23.7 Å². The van der Waals surface area contributed by atoms with Crippen LogP contribution in [0.15, 0.2) is 42.5 Å². The van der Waals surface area contributed by atoms with Gasteiger partial charge in [0.2, 0.25) is 0 Å². The molecule has 0 radical (unpaired) electrons. The third-order valence-electron chi connectivity index (χ3n) is 9.14. The van der Waals surface area contributed by atoms with Crippen molar-refractivity contribution in [3.8, 4) is 0 Å². The van der Waals surface area contributed by atoms with Gasteiger partial charge in [0, 0.05) is 31.6 Å². The molecule has 1 aromatic rings. The van der Waals surface area contributed by atoms with Crippen molar-refractivity contribution in [2.45, 2.75) is 83.1 Å². The van der Waals surface area contributed by atoms with E-state index in [0.29, 0.717) is 5.56 Å². The quantitative estimate of drug-likeness (QED) is 0.348. The molecular formula is C30H36O9. The Morgan fingerprint density at radius 1 is 0.923 bits per heavy atom. The zero-order chi connectivity index (χ0) is 28.5. The number of hydrogen-bond acceptors (Lipinski definition) is 9. The monoisotopic (exact) mass is 540 g/mol. The fourth-order valence-corrected chi connectivity index (χ4v) is 7.92. The van der Waals surface area contributed by atoms with Gasteiger partial charge in [-0.25, -0.2) is 4.79 Å². The van der Waals surface area contributed by atoms with Crippen molar-refractivity contribution < 1.29 is 43.2 Å². The standard InChI is InChI=1S/C30H36O9/c1-15-14-30(35)23(24(15)38-26(33)18-10-8-7-9-11-18)25(37-17(3)32)21-20(36-16(2)31)13-12-19-22(21)29(6,27(30)34)39-28(19,4)5/h7-13,15,19-25,35H,14H2,1-6H3/t15-,19?,20+,21?,22+,23+,24-,25-,29-,30+/m0/s1. The fourth-order valence-electron chi connectivity index (χ4n) is 7.92. The van der Waals surface area contributed by atoms with Crippen LogP contribution in [-0.4, -0.2) is 63.9 Å². The molecule has 9 heteroatoms. The summed E-state index contributed by atoms with van der Waals surface area (Å²) in [6.07, 6.45) is 0.680. The molecular weight excluding hydrogens is 504 g/mol. The lowest BCUT2D eigenvalue weighted by Crippen LogP contribution is -2.57. The van der Waals surface area contributed by atoms with Crippen LogP contribution in [0, 0.1) is 29.6 Å². The summed E-state index contributed by atoms with van der Waals surface area (Å²) in [5.74, 6) is -5.52. The maximum absolute atomic E-state index is 14.5. The molecule has 0 aromatic heterocycles. The summed E-state index contributed by atoms with van der Waals surface area (Å²) >= 11 is 0. The van der Waals surface area contributed by atoms with E-state index in [9.17, 15) is 24.3 Å². The van der Waals surface area contributed by atoms with E-state index >= 15 is 0 Å². The molecule has 0 spiro atoms. The van der Waals surface area contributed by atoms with Crippen LogP contribution >= 0.6 is 0 Å². The maximum Gasteiger partial charge on any atom is 0.338 e. The molecule has 1 aliphatic heterocycles. The first kappa shape index (κ1) is 27.5. The number of esters is 3. The number of aliphatic hydroxyl groups is 1. The zero-order valence-corrected chi connectivity index (χ0v) is 23.1. The summed E-state index contributed by atoms with van der Waals surface area (Å²) in [6, 6.07) is 8.43. The second kappa shape index (κ2) is 9.27. The number of benzene rings is 1. The number of fused-ring (bicyclic) bond motifs is 1. The van der Waals surface area contributed by atoms with Gasteiger partial charge in [-0.2, -0.15) is 0 Å². The van der Waals surface area contributed by atoms with E-state index in [4.69, 9.17) is 18.9 Å². The topological polar surface area (TPSA) is 125 Å². The average Bonchev–Trinajstić information content (AvgIpc) is 3.21. The van der Waals surface area contributed by atoms with Gasteiger partial charge in [-0.15, -0.1) is 0 Å². The Kier molecular flexibility index (Phi) is 6.54. The summed E-state index contributed by atoms with van der Waals surface area (Å²) in [6.45, 7) is 9.75. The van der Waals surface area contributed by atoms with Crippen molar-refractivity contribution in [2.75, 3.05) is 0 Å². The third-order valence-corrected chi connectivity index (χ3v) is 9.14. The molecule has 1 N–H and O–H groups in total. The highest BCUT2D eigenvalue weighted by Gasteiger charge is 2.75. The summed E-state index contributed by atoms with van der Waals surface area (Å²) < 4.78 is 24.2. The van der Waals surface area contributed by atoms with Crippen LogP contribution in [0.4, 0.5) is 0 Å². The molecule has 1 heterocycles. The Morgan fingerprint density at radius 3 is 2.18 bits per heavy atom. The molecule has 9 nitrogen and oxygen atoms in total. The first-order chi connectivity index (χ1) is 18.2. The smallest absolute Gasteiger partial charge is 0.338 e. The van der Waals surface area contributed by atoms with E-state index in [-0.39, 0.29) is 12.3 Å². The van der Waals surface area contributed by atoms with Gasteiger partial charge in [0.15, 0.2) is 5.78 Å². The van der Waals surface area contributed by atoms with E-state index < -0.39 is 82.5 Å². The van der Waals surface area contributed by atoms with Crippen molar-refractivity contribution in [3.05, 3.63) is 48.0 Å². The van der Waals surface area contributed by atoms with Crippen LogP contribution in [0.3, 0.4) is 0 Å². The Labute approximate surface area is 227 Å². The Hall–Kier alpha value is -3.04.